The van der Waals surface area contributed by atoms with Crippen LogP contribution < -0.4 is 5.32 Å². The molecule has 2 aromatic rings. The number of rotatable bonds is 5. The van der Waals surface area contributed by atoms with Gasteiger partial charge in [0.1, 0.15) is 5.82 Å². The molecule has 20 heavy (non-hydrogen) atoms. The zero-order valence-electron chi connectivity index (χ0n) is 11.4. The molecule has 0 aliphatic rings. The highest BCUT2D eigenvalue weighted by molar-refractivity contribution is 9.10. The topological polar surface area (TPSA) is 29.9 Å². The van der Waals surface area contributed by atoms with Gasteiger partial charge in [-0.25, -0.2) is 4.39 Å². The van der Waals surface area contributed by atoms with Crippen LogP contribution in [0, 0.1) is 5.82 Å². The van der Waals surface area contributed by atoms with Gasteiger partial charge in [0.15, 0.2) is 0 Å². The number of halogens is 3. The number of nitrogens with zero attached hydrogens (tertiary/aromatic N) is 2. The summed E-state index contributed by atoms with van der Waals surface area (Å²) in [6.07, 6.45) is 0.878. The summed E-state index contributed by atoms with van der Waals surface area (Å²) in [5.41, 5.74) is 2.90. The Kier molecular flexibility index (Phi) is 5.05. The average molecular weight is 361 g/mol. The quantitative estimate of drug-likeness (QED) is 0.842. The van der Waals surface area contributed by atoms with Crippen LogP contribution in [0.1, 0.15) is 25.2 Å². The van der Waals surface area contributed by atoms with Crippen LogP contribution in [-0.2, 0) is 19.5 Å². The highest BCUT2D eigenvalue weighted by Crippen LogP contribution is 2.24. The van der Waals surface area contributed by atoms with Crippen molar-refractivity contribution in [3.8, 4) is 0 Å². The van der Waals surface area contributed by atoms with Crippen LogP contribution in [0.2, 0.25) is 5.02 Å². The second kappa shape index (κ2) is 6.59. The fraction of sp³-hybridized carbons (Fsp3) is 0.357. The number of nitrogens with one attached hydrogen (secondary N) is 1. The van der Waals surface area contributed by atoms with Gasteiger partial charge in [-0.2, -0.15) is 5.10 Å². The standard InChI is InChI=1S/C14H16BrClFN3/c1-3-12-14(15)13(20(4-2)19-12)8-18-9-5-6-11(17)10(16)7-9/h5-7,18H,3-4,8H2,1-2H3. The summed E-state index contributed by atoms with van der Waals surface area (Å²) < 4.78 is 16.1. The maximum Gasteiger partial charge on any atom is 0.141 e. The molecule has 6 heteroatoms. The summed E-state index contributed by atoms with van der Waals surface area (Å²) in [4.78, 5) is 0. The minimum absolute atomic E-state index is 0.118. The monoisotopic (exact) mass is 359 g/mol. The van der Waals surface area contributed by atoms with E-state index in [0.717, 1.165) is 34.5 Å². The first-order valence-electron chi connectivity index (χ1n) is 6.49. The maximum absolute atomic E-state index is 13.1. The molecule has 0 bridgehead atoms. The van der Waals surface area contributed by atoms with Gasteiger partial charge in [0.2, 0.25) is 0 Å². The Bertz CT molecular complexity index is 613. The number of aromatic nitrogens is 2. The zero-order chi connectivity index (χ0) is 14.7. The van der Waals surface area contributed by atoms with Gasteiger partial charge in [-0.05, 0) is 47.5 Å². The van der Waals surface area contributed by atoms with Crippen molar-refractivity contribution in [1.29, 1.82) is 0 Å². The van der Waals surface area contributed by atoms with Gasteiger partial charge in [0.05, 0.1) is 27.4 Å². The second-order valence-electron chi connectivity index (χ2n) is 4.36. The van der Waals surface area contributed by atoms with Crippen LogP contribution in [0.3, 0.4) is 0 Å². The highest BCUT2D eigenvalue weighted by atomic mass is 79.9. The number of hydrogen-bond acceptors (Lipinski definition) is 2. The van der Waals surface area contributed by atoms with Crippen LogP contribution in [0.5, 0.6) is 0 Å². The predicted octanol–water partition coefficient (Wildman–Crippen LogP) is 4.63. The van der Waals surface area contributed by atoms with E-state index in [1.54, 1.807) is 12.1 Å². The first-order chi connectivity index (χ1) is 9.56. The molecule has 1 aromatic heterocycles. The molecule has 0 aliphatic heterocycles. The van der Waals surface area contributed by atoms with Crippen molar-refractivity contribution in [3.63, 3.8) is 0 Å². The molecule has 0 saturated heterocycles. The molecule has 0 fully saturated rings. The van der Waals surface area contributed by atoms with Crippen molar-refractivity contribution < 1.29 is 4.39 Å². The van der Waals surface area contributed by atoms with Gasteiger partial charge in [-0.1, -0.05) is 18.5 Å². The van der Waals surface area contributed by atoms with Gasteiger partial charge in [0.25, 0.3) is 0 Å². The Morgan fingerprint density at radius 2 is 2.15 bits per heavy atom. The molecule has 0 amide bonds. The number of hydrogen-bond donors (Lipinski definition) is 1. The lowest BCUT2D eigenvalue weighted by Crippen LogP contribution is -2.08. The third-order valence-corrected chi connectivity index (χ3v) is 4.28. The van der Waals surface area contributed by atoms with E-state index < -0.39 is 5.82 Å². The Morgan fingerprint density at radius 3 is 2.75 bits per heavy atom. The van der Waals surface area contributed by atoms with Crippen LogP contribution in [0.4, 0.5) is 10.1 Å². The van der Waals surface area contributed by atoms with E-state index in [1.807, 2.05) is 4.68 Å². The van der Waals surface area contributed by atoms with E-state index in [2.05, 4.69) is 40.2 Å². The van der Waals surface area contributed by atoms with Crippen molar-refractivity contribution in [2.75, 3.05) is 5.32 Å². The van der Waals surface area contributed by atoms with E-state index in [9.17, 15) is 4.39 Å². The SMILES string of the molecule is CCc1nn(CC)c(CNc2ccc(F)c(Cl)c2)c1Br. The molecule has 1 heterocycles. The molecule has 0 aliphatic carbocycles. The second-order valence-corrected chi connectivity index (χ2v) is 5.56. The van der Waals surface area contributed by atoms with Crippen molar-refractivity contribution in [1.82, 2.24) is 9.78 Å². The predicted molar refractivity (Wildman–Crippen MR) is 83.7 cm³/mol. The minimum Gasteiger partial charge on any atom is -0.379 e. The van der Waals surface area contributed by atoms with Gasteiger partial charge in [-0.3, -0.25) is 4.68 Å². The molecule has 1 aromatic carbocycles. The van der Waals surface area contributed by atoms with Crippen molar-refractivity contribution in [2.45, 2.75) is 33.4 Å². The molecule has 0 saturated carbocycles. The Labute approximate surface area is 131 Å². The van der Waals surface area contributed by atoms with E-state index >= 15 is 0 Å². The van der Waals surface area contributed by atoms with E-state index in [1.165, 1.54) is 6.07 Å². The molecule has 108 valence electrons. The Morgan fingerprint density at radius 1 is 1.40 bits per heavy atom. The maximum atomic E-state index is 13.1. The van der Waals surface area contributed by atoms with Crippen molar-refractivity contribution >= 4 is 33.2 Å². The van der Waals surface area contributed by atoms with E-state index in [4.69, 9.17) is 11.6 Å². The molecular formula is C14H16BrClFN3. The molecule has 1 N–H and O–H groups in total. The van der Waals surface area contributed by atoms with Crippen LogP contribution in [0.15, 0.2) is 22.7 Å². The molecule has 0 atom stereocenters. The molecule has 0 unspecified atom stereocenters. The third kappa shape index (κ3) is 3.15. The lowest BCUT2D eigenvalue weighted by molar-refractivity contribution is 0.618. The van der Waals surface area contributed by atoms with Crippen molar-refractivity contribution in [2.24, 2.45) is 0 Å². The smallest absolute Gasteiger partial charge is 0.141 e. The highest BCUT2D eigenvalue weighted by Gasteiger charge is 2.13. The van der Waals surface area contributed by atoms with Crippen LogP contribution >= 0.6 is 27.5 Å². The van der Waals surface area contributed by atoms with Crippen LogP contribution in [-0.4, -0.2) is 9.78 Å². The first kappa shape index (κ1) is 15.3. The molecule has 0 radical (unpaired) electrons. The summed E-state index contributed by atoms with van der Waals surface area (Å²) in [7, 11) is 0. The fourth-order valence-corrected chi connectivity index (χ4v) is 2.86. The lowest BCUT2D eigenvalue weighted by atomic mass is 10.2. The average Bonchev–Trinajstić information content (AvgIpc) is 2.76. The Hall–Kier alpha value is -1.07. The largest absolute Gasteiger partial charge is 0.379 e. The molecule has 0 spiro atoms. The number of benzene rings is 1. The molecule has 3 nitrogen and oxygen atoms in total. The first-order valence-corrected chi connectivity index (χ1v) is 7.66. The van der Waals surface area contributed by atoms with Crippen LogP contribution in [0.25, 0.3) is 0 Å². The minimum atomic E-state index is -0.412. The summed E-state index contributed by atoms with van der Waals surface area (Å²) >= 11 is 9.36. The van der Waals surface area contributed by atoms with E-state index in [-0.39, 0.29) is 5.02 Å². The van der Waals surface area contributed by atoms with Crippen molar-refractivity contribution in [3.05, 3.63) is 44.9 Å². The van der Waals surface area contributed by atoms with Gasteiger partial charge in [0, 0.05) is 12.2 Å². The summed E-state index contributed by atoms with van der Waals surface area (Å²) in [6.45, 7) is 5.53. The van der Waals surface area contributed by atoms with Gasteiger partial charge in [-0.15, -0.1) is 0 Å². The summed E-state index contributed by atoms with van der Waals surface area (Å²) in [6, 6.07) is 4.61. The zero-order valence-corrected chi connectivity index (χ0v) is 13.7. The summed E-state index contributed by atoms with van der Waals surface area (Å²) in [5, 5.41) is 7.89. The molecular weight excluding hydrogens is 345 g/mol. The van der Waals surface area contributed by atoms with Gasteiger partial charge < -0.3 is 5.32 Å². The number of anilines is 1. The lowest BCUT2D eigenvalue weighted by Gasteiger charge is -2.09. The third-order valence-electron chi connectivity index (χ3n) is 3.07. The van der Waals surface area contributed by atoms with Gasteiger partial charge >= 0.3 is 0 Å². The molecule has 2 rings (SSSR count). The summed E-state index contributed by atoms with van der Waals surface area (Å²) in [5.74, 6) is -0.412. The van der Waals surface area contributed by atoms with E-state index in [0.29, 0.717) is 6.54 Å². The number of aryl methyl sites for hydroxylation is 2. The fourth-order valence-electron chi connectivity index (χ4n) is 1.98. The Balaban J connectivity index is 2.17. The normalized spacial score (nSPS) is 10.8.